The van der Waals surface area contributed by atoms with Crippen LogP contribution in [0.3, 0.4) is 0 Å². The zero-order chi connectivity index (χ0) is 26.4. The number of nitrogens with zero attached hydrogens (tertiary/aromatic N) is 2. The first-order valence-corrected chi connectivity index (χ1v) is 13.1. The first kappa shape index (κ1) is 26.7. The molecule has 0 unspecified atom stereocenters. The van der Waals surface area contributed by atoms with Gasteiger partial charge in [-0.2, -0.15) is 0 Å². The number of amides is 2. The van der Waals surface area contributed by atoms with Crippen LogP contribution in [0.25, 0.3) is 0 Å². The summed E-state index contributed by atoms with van der Waals surface area (Å²) in [5.41, 5.74) is 2.12. The van der Waals surface area contributed by atoms with Gasteiger partial charge >= 0.3 is 5.97 Å². The molecule has 1 aliphatic rings. The van der Waals surface area contributed by atoms with Crippen molar-refractivity contribution in [2.75, 3.05) is 11.9 Å². The number of rotatable bonds is 7. The maximum Gasteiger partial charge on any atom is 0.338 e. The Hall–Kier alpha value is -3.33. The Bertz CT molecular complexity index is 1350. The molecule has 3 aromatic carbocycles. The number of carbonyl (C=O) groups is 3. The van der Waals surface area contributed by atoms with Crippen molar-refractivity contribution in [3.63, 3.8) is 0 Å². The minimum Gasteiger partial charge on any atom is -0.462 e. The lowest BCUT2D eigenvalue weighted by atomic mass is 10.2. The van der Waals surface area contributed by atoms with Gasteiger partial charge in [0, 0.05) is 11.4 Å². The number of ether oxygens (including phenoxy) is 1. The number of anilines is 1. The minimum atomic E-state index is -0.719. The molecule has 0 aliphatic carbocycles. The number of benzene rings is 3. The third kappa shape index (κ3) is 6.71. The summed E-state index contributed by atoms with van der Waals surface area (Å²) in [4.78, 5) is 44.5. The second-order valence-corrected chi connectivity index (χ2v) is 10.00. The Morgan fingerprint density at radius 2 is 1.70 bits per heavy atom. The molecule has 10 heteroatoms. The van der Waals surface area contributed by atoms with E-state index >= 15 is 0 Å². The summed E-state index contributed by atoms with van der Waals surface area (Å²) < 4.78 is 5.03. The second-order valence-electron chi connectivity index (χ2n) is 8.01. The van der Waals surface area contributed by atoms with Crippen LogP contribution in [-0.4, -0.2) is 39.7 Å². The number of hydrogen-bond donors (Lipinski definition) is 1. The third-order valence-electron chi connectivity index (χ3n) is 5.45. The molecular weight excluding hydrogens is 533 g/mol. The Labute approximate surface area is 228 Å². The largest absolute Gasteiger partial charge is 0.462 e. The number of aliphatic imine (C=N–C) groups is 1. The van der Waals surface area contributed by atoms with Crippen LogP contribution in [0.15, 0.2) is 77.8 Å². The third-order valence-corrected chi connectivity index (χ3v) is 7.34. The van der Waals surface area contributed by atoms with Crippen LogP contribution in [0.2, 0.25) is 10.0 Å². The van der Waals surface area contributed by atoms with Crippen LogP contribution in [-0.2, 0) is 20.9 Å². The van der Waals surface area contributed by atoms with E-state index in [1.54, 1.807) is 61.5 Å². The molecular formula is C27H23Cl2N3O4S. The van der Waals surface area contributed by atoms with Crippen molar-refractivity contribution in [1.82, 2.24) is 4.90 Å². The Kier molecular flexibility index (Phi) is 8.87. The van der Waals surface area contributed by atoms with E-state index in [1.165, 1.54) is 16.7 Å². The van der Waals surface area contributed by atoms with E-state index in [0.29, 0.717) is 32.2 Å². The lowest BCUT2D eigenvalue weighted by molar-refractivity contribution is -0.129. The van der Waals surface area contributed by atoms with Gasteiger partial charge in [-0.05, 0) is 55.0 Å². The van der Waals surface area contributed by atoms with Crippen molar-refractivity contribution in [1.29, 1.82) is 0 Å². The molecule has 1 fully saturated rings. The fourth-order valence-corrected chi connectivity index (χ4v) is 5.04. The van der Waals surface area contributed by atoms with Gasteiger partial charge in [-0.25, -0.2) is 9.79 Å². The van der Waals surface area contributed by atoms with Gasteiger partial charge < -0.3 is 10.1 Å². The molecule has 0 radical (unpaired) electrons. The first-order chi connectivity index (χ1) is 17.9. The number of hydrogen-bond acceptors (Lipinski definition) is 6. The van der Waals surface area contributed by atoms with Gasteiger partial charge in [-0.15, -0.1) is 0 Å². The normalized spacial score (nSPS) is 16.5. The number of amidine groups is 1. The van der Waals surface area contributed by atoms with E-state index in [1.807, 2.05) is 18.2 Å². The molecule has 1 N–H and O–H groups in total. The van der Waals surface area contributed by atoms with Crippen LogP contribution >= 0.6 is 35.0 Å². The molecule has 1 atom stereocenters. The van der Waals surface area contributed by atoms with Gasteiger partial charge in [-0.3, -0.25) is 14.5 Å². The highest BCUT2D eigenvalue weighted by molar-refractivity contribution is 8.15. The molecule has 1 saturated heterocycles. The lowest BCUT2D eigenvalue weighted by Crippen LogP contribution is -2.44. The zero-order valence-corrected chi connectivity index (χ0v) is 22.1. The standard InChI is InChI=1S/C27H23Cl2N3O4S/c1-2-36-26(35)17-11-13-19(14-12-17)30-27-32(16-18-7-3-4-8-20(18)28)24(33)15-23(37-27)25(34)31-22-10-6-5-9-21(22)29/h3-14,23H,2,15-16H2,1H3,(H,31,34)/t23-/m1/s1. The monoisotopic (exact) mass is 555 g/mol. The van der Waals surface area contributed by atoms with E-state index in [-0.39, 0.29) is 31.4 Å². The van der Waals surface area contributed by atoms with Crippen LogP contribution in [0.4, 0.5) is 11.4 Å². The smallest absolute Gasteiger partial charge is 0.338 e. The van der Waals surface area contributed by atoms with Gasteiger partial charge in [0.05, 0.1) is 35.1 Å². The highest BCUT2D eigenvalue weighted by atomic mass is 35.5. The topological polar surface area (TPSA) is 88.1 Å². The summed E-state index contributed by atoms with van der Waals surface area (Å²) in [5, 5.41) is 3.36. The van der Waals surface area contributed by atoms with Crippen molar-refractivity contribution in [3.05, 3.63) is 94.0 Å². The Morgan fingerprint density at radius 3 is 2.38 bits per heavy atom. The lowest BCUT2D eigenvalue weighted by Gasteiger charge is -2.32. The van der Waals surface area contributed by atoms with E-state index < -0.39 is 11.2 Å². The fourth-order valence-electron chi connectivity index (χ4n) is 3.57. The van der Waals surface area contributed by atoms with Crippen LogP contribution < -0.4 is 5.32 Å². The van der Waals surface area contributed by atoms with E-state index in [2.05, 4.69) is 10.3 Å². The van der Waals surface area contributed by atoms with Gasteiger partial charge in [-0.1, -0.05) is 65.3 Å². The molecule has 0 aromatic heterocycles. The van der Waals surface area contributed by atoms with Crippen LogP contribution in [0.1, 0.15) is 29.3 Å². The zero-order valence-electron chi connectivity index (χ0n) is 19.8. The molecule has 190 valence electrons. The average Bonchev–Trinajstić information content (AvgIpc) is 2.89. The molecule has 7 nitrogen and oxygen atoms in total. The fraction of sp³-hybridized carbons (Fsp3) is 0.185. The number of para-hydroxylation sites is 1. The van der Waals surface area contributed by atoms with Crippen molar-refractivity contribution >= 4 is 69.3 Å². The number of carbonyl (C=O) groups excluding carboxylic acids is 3. The summed E-state index contributed by atoms with van der Waals surface area (Å²) >= 11 is 13.7. The van der Waals surface area contributed by atoms with Crippen LogP contribution in [0, 0.1) is 0 Å². The highest BCUT2D eigenvalue weighted by Crippen LogP contribution is 2.32. The molecule has 3 aromatic rings. The van der Waals surface area contributed by atoms with Gasteiger partial charge in [0.1, 0.15) is 5.25 Å². The summed E-state index contributed by atoms with van der Waals surface area (Å²) in [6.45, 7) is 2.21. The van der Waals surface area contributed by atoms with Crippen molar-refractivity contribution in [2.24, 2.45) is 4.99 Å². The number of thioether (sulfide) groups is 1. The maximum absolute atomic E-state index is 13.3. The summed E-state index contributed by atoms with van der Waals surface area (Å²) in [6.07, 6.45) is -0.0216. The quantitative estimate of drug-likeness (QED) is 0.344. The minimum absolute atomic E-state index is 0.0216. The molecule has 1 heterocycles. The number of halogens is 2. The van der Waals surface area contributed by atoms with Gasteiger partial charge in [0.25, 0.3) is 0 Å². The average molecular weight is 556 g/mol. The molecule has 4 rings (SSSR count). The molecule has 37 heavy (non-hydrogen) atoms. The van der Waals surface area contributed by atoms with Crippen molar-refractivity contribution in [3.8, 4) is 0 Å². The predicted molar refractivity (Wildman–Crippen MR) is 148 cm³/mol. The highest BCUT2D eigenvalue weighted by Gasteiger charge is 2.36. The van der Waals surface area contributed by atoms with Crippen molar-refractivity contribution in [2.45, 2.75) is 25.1 Å². The summed E-state index contributed by atoms with van der Waals surface area (Å²) in [6, 6.07) is 20.7. The predicted octanol–water partition coefficient (Wildman–Crippen LogP) is 6.33. The first-order valence-electron chi connectivity index (χ1n) is 11.5. The van der Waals surface area contributed by atoms with E-state index in [9.17, 15) is 14.4 Å². The number of esters is 1. The van der Waals surface area contributed by atoms with Gasteiger partial charge in [0.2, 0.25) is 11.8 Å². The van der Waals surface area contributed by atoms with Gasteiger partial charge in [0.15, 0.2) is 5.17 Å². The summed E-state index contributed by atoms with van der Waals surface area (Å²) in [7, 11) is 0. The van der Waals surface area contributed by atoms with Crippen LogP contribution in [0.5, 0.6) is 0 Å². The Balaban J connectivity index is 1.62. The molecule has 0 saturated carbocycles. The molecule has 0 spiro atoms. The van der Waals surface area contributed by atoms with E-state index in [0.717, 1.165) is 5.56 Å². The second kappa shape index (κ2) is 12.3. The summed E-state index contributed by atoms with van der Waals surface area (Å²) in [5.74, 6) is -1.05. The van der Waals surface area contributed by atoms with E-state index in [4.69, 9.17) is 27.9 Å². The van der Waals surface area contributed by atoms with Crippen molar-refractivity contribution < 1.29 is 19.1 Å². The number of nitrogens with one attached hydrogen (secondary N) is 1. The molecule has 1 aliphatic heterocycles. The SMILES string of the molecule is CCOC(=O)c1ccc(N=C2S[C@@H](C(=O)Nc3ccccc3Cl)CC(=O)N2Cc2ccccc2Cl)cc1. The maximum atomic E-state index is 13.3. The Morgan fingerprint density at radius 1 is 1.03 bits per heavy atom. The molecule has 0 bridgehead atoms. The molecule has 2 amide bonds.